The third kappa shape index (κ3) is 6.66. The lowest BCUT2D eigenvalue weighted by atomic mass is 10.2. The first kappa shape index (κ1) is 16.1. The Bertz CT molecular complexity index is 344. The van der Waals surface area contributed by atoms with Crippen LogP contribution in [0, 0.1) is 17.2 Å². The van der Waals surface area contributed by atoms with E-state index in [4.69, 9.17) is 11.0 Å². The lowest BCUT2D eigenvalue weighted by Gasteiger charge is -2.12. The van der Waals surface area contributed by atoms with E-state index in [0.717, 1.165) is 0 Å². The summed E-state index contributed by atoms with van der Waals surface area (Å²) < 4.78 is 0. The van der Waals surface area contributed by atoms with Gasteiger partial charge in [0, 0.05) is 19.3 Å². The molecule has 2 amide bonds. The van der Waals surface area contributed by atoms with Gasteiger partial charge in [0.1, 0.15) is 11.6 Å². The van der Waals surface area contributed by atoms with Crippen LogP contribution >= 0.6 is 0 Å². The van der Waals surface area contributed by atoms with Gasteiger partial charge < -0.3 is 16.0 Å². The Morgan fingerprint density at radius 3 is 2.67 bits per heavy atom. The molecule has 18 heavy (non-hydrogen) atoms. The molecule has 0 heterocycles. The third-order valence-electron chi connectivity index (χ3n) is 2.09. The SMILES string of the molecule is CC(C)CNC(=O)/C(C#N)=C\N(C=O)CCCN. The van der Waals surface area contributed by atoms with Gasteiger partial charge in [-0.1, -0.05) is 13.8 Å². The number of carbonyl (C=O) groups is 2. The molecule has 0 aromatic carbocycles. The first-order chi connectivity index (χ1) is 8.54. The van der Waals surface area contributed by atoms with Gasteiger partial charge in [0.25, 0.3) is 5.91 Å². The van der Waals surface area contributed by atoms with E-state index < -0.39 is 5.91 Å². The molecule has 0 aromatic rings. The van der Waals surface area contributed by atoms with Crippen molar-refractivity contribution in [2.75, 3.05) is 19.6 Å². The molecule has 0 fully saturated rings. The van der Waals surface area contributed by atoms with Crippen LogP contribution in [0.2, 0.25) is 0 Å². The summed E-state index contributed by atoms with van der Waals surface area (Å²) in [6, 6.07) is 1.78. The second-order valence-corrected chi connectivity index (χ2v) is 4.24. The molecule has 0 saturated carbocycles. The molecule has 0 saturated heterocycles. The highest BCUT2D eigenvalue weighted by Crippen LogP contribution is 1.98. The van der Waals surface area contributed by atoms with Crippen molar-refractivity contribution in [1.82, 2.24) is 10.2 Å². The first-order valence-corrected chi connectivity index (χ1v) is 5.86. The maximum atomic E-state index is 11.6. The molecule has 3 N–H and O–H groups in total. The van der Waals surface area contributed by atoms with Crippen LogP contribution in [0.3, 0.4) is 0 Å². The molecule has 0 aliphatic rings. The number of hydrogen-bond donors (Lipinski definition) is 2. The van der Waals surface area contributed by atoms with Gasteiger partial charge in [-0.15, -0.1) is 0 Å². The molecule has 100 valence electrons. The number of carbonyl (C=O) groups excluding carboxylic acids is 2. The van der Waals surface area contributed by atoms with Gasteiger partial charge in [0.15, 0.2) is 0 Å². The first-order valence-electron chi connectivity index (χ1n) is 5.86. The van der Waals surface area contributed by atoms with E-state index in [1.807, 2.05) is 13.8 Å². The summed E-state index contributed by atoms with van der Waals surface area (Å²) in [5, 5.41) is 11.5. The lowest BCUT2D eigenvalue weighted by molar-refractivity contribution is -0.117. The van der Waals surface area contributed by atoms with Crippen molar-refractivity contribution in [3.8, 4) is 6.07 Å². The Balaban J connectivity index is 4.57. The standard InChI is InChI=1S/C12H20N4O2/c1-10(2)7-15-12(18)11(6-14)8-16(9-17)5-3-4-13/h8-10H,3-5,7,13H2,1-2H3,(H,15,18)/b11-8-. The molecule has 0 aliphatic heterocycles. The molecule has 0 atom stereocenters. The summed E-state index contributed by atoms with van der Waals surface area (Å²) in [6.45, 7) is 5.23. The van der Waals surface area contributed by atoms with Crippen LogP contribution in [0.1, 0.15) is 20.3 Å². The number of nitrogens with one attached hydrogen (secondary N) is 1. The van der Waals surface area contributed by atoms with Crippen molar-refractivity contribution in [2.24, 2.45) is 11.7 Å². The van der Waals surface area contributed by atoms with Crippen molar-refractivity contribution in [1.29, 1.82) is 5.26 Å². The van der Waals surface area contributed by atoms with E-state index >= 15 is 0 Å². The van der Waals surface area contributed by atoms with E-state index in [1.165, 1.54) is 11.1 Å². The van der Waals surface area contributed by atoms with Gasteiger partial charge in [-0.2, -0.15) is 5.26 Å². The highest BCUT2D eigenvalue weighted by molar-refractivity contribution is 5.97. The molecule has 0 spiro atoms. The van der Waals surface area contributed by atoms with Gasteiger partial charge in [-0.05, 0) is 18.9 Å². The van der Waals surface area contributed by atoms with Crippen LogP contribution in [-0.4, -0.2) is 36.9 Å². The Morgan fingerprint density at radius 1 is 1.56 bits per heavy atom. The van der Waals surface area contributed by atoms with Crippen LogP contribution < -0.4 is 11.1 Å². The normalized spacial score (nSPS) is 10.9. The summed E-state index contributed by atoms with van der Waals surface area (Å²) >= 11 is 0. The third-order valence-corrected chi connectivity index (χ3v) is 2.09. The van der Waals surface area contributed by atoms with Crippen molar-refractivity contribution in [3.63, 3.8) is 0 Å². The van der Waals surface area contributed by atoms with Crippen molar-refractivity contribution < 1.29 is 9.59 Å². The maximum Gasteiger partial charge on any atom is 0.263 e. The lowest BCUT2D eigenvalue weighted by Crippen LogP contribution is -2.30. The van der Waals surface area contributed by atoms with E-state index in [1.54, 1.807) is 6.07 Å². The number of nitrogens with zero attached hydrogens (tertiary/aromatic N) is 2. The average Bonchev–Trinajstić information content (AvgIpc) is 2.36. The average molecular weight is 252 g/mol. The topological polar surface area (TPSA) is 99.2 Å². The van der Waals surface area contributed by atoms with Gasteiger partial charge in [-0.25, -0.2) is 0 Å². The minimum absolute atomic E-state index is 0.0835. The fourth-order valence-corrected chi connectivity index (χ4v) is 1.12. The number of nitrogens with two attached hydrogens (primary N) is 1. The maximum absolute atomic E-state index is 11.6. The van der Waals surface area contributed by atoms with Gasteiger partial charge >= 0.3 is 0 Å². The van der Waals surface area contributed by atoms with Gasteiger partial charge in [-0.3, -0.25) is 9.59 Å². The molecule has 6 heteroatoms. The Morgan fingerprint density at radius 2 is 2.22 bits per heavy atom. The smallest absolute Gasteiger partial charge is 0.263 e. The molecule has 6 nitrogen and oxygen atoms in total. The molecular weight excluding hydrogens is 232 g/mol. The van der Waals surface area contributed by atoms with Gasteiger partial charge in [0.2, 0.25) is 6.41 Å². The molecular formula is C12H20N4O2. The summed E-state index contributed by atoms with van der Waals surface area (Å²) in [6.07, 6.45) is 2.43. The fraction of sp³-hybridized carbons (Fsp3) is 0.583. The summed E-state index contributed by atoms with van der Waals surface area (Å²) in [4.78, 5) is 23.6. The van der Waals surface area contributed by atoms with E-state index in [2.05, 4.69) is 5.32 Å². The molecule has 0 aromatic heterocycles. The zero-order valence-electron chi connectivity index (χ0n) is 10.8. The predicted octanol–water partition coefficient (Wildman–Crippen LogP) is -0.0267. The molecule has 0 radical (unpaired) electrons. The Labute approximate surface area is 107 Å². The Kier molecular flexibility index (Phi) is 8.24. The zero-order valence-corrected chi connectivity index (χ0v) is 10.8. The molecule has 0 bridgehead atoms. The van der Waals surface area contributed by atoms with Gasteiger partial charge in [0.05, 0.1) is 0 Å². The highest BCUT2D eigenvalue weighted by Gasteiger charge is 2.10. The fourth-order valence-electron chi connectivity index (χ4n) is 1.12. The minimum atomic E-state index is -0.467. The molecule has 0 aliphatic carbocycles. The highest BCUT2D eigenvalue weighted by atomic mass is 16.2. The van der Waals surface area contributed by atoms with E-state index in [9.17, 15) is 9.59 Å². The summed E-state index contributed by atoms with van der Waals surface area (Å²) in [5.74, 6) is -0.167. The number of amides is 2. The Hall–Kier alpha value is -1.87. The van der Waals surface area contributed by atoms with Crippen LogP contribution in [0.4, 0.5) is 0 Å². The van der Waals surface area contributed by atoms with E-state index in [0.29, 0.717) is 38.4 Å². The summed E-state index contributed by atoms with van der Waals surface area (Å²) in [7, 11) is 0. The van der Waals surface area contributed by atoms with Crippen molar-refractivity contribution in [2.45, 2.75) is 20.3 Å². The second-order valence-electron chi connectivity index (χ2n) is 4.24. The number of nitriles is 1. The van der Waals surface area contributed by atoms with Crippen molar-refractivity contribution in [3.05, 3.63) is 11.8 Å². The van der Waals surface area contributed by atoms with Crippen LogP contribution in [-0.2, 0) is 9.59 Å². The number of rotatable bonds is 8. The van der Waals surface area contributed by atoms with Crippen LogP contribution in [0.15, 0.2) is 11.8 Å². The van der Waals surface area contributed by atoms with Crippen LogP contribution in [0.25, 0.3) is 0 Å². The molecule has 0 unspecified atom stereocenters. The van der Waals surface area contributed by atoms with E-state index in [-0.39, 0.29) is 5.57 Å². The number of hydrogen-bond acceptors (Lipinski definition) is 4. The molecule has 0 rings (SSSR count). The minimum Gasteiger partial charge on any atom is -0.351 e. The quantitative estimate of drug-likeness (QED) is 0.360. The predicted molar refractivity (Wildman–Crippen MR) is 68.0 cm³/mol. The summed E-state index contributed by atoms with van der Waals surface area (Å²) in [5.41, 5.74) is 5.24. The monoisotopic (exact) mass is 252 g/mol. The van der Waals surface area contributed by atoms with Crippen molar-refractivity contribution >= 4 is 12.3 Å². The second kappa shape index (κ2) is 9.19. The van der Waals surface area contributed by atoms with Crippen LogP contribution in [0.5, 0.6) is 0 Å². The largest absolute Gasteiger partial charge is 0.351 e. The zero-order chi connectivity index (χ0) is 14.0.